The Morgan fingerprint density at radius 3 is 2.28 bits per heavy atom. The molecule has 0 radical (unpaired) electrons. The molecule has 1 aliphatic carbocycles. The van der Waals surface area contributed by atoms with Gasteiger partial charge in [-0.15, -0.1) is 0 Å². The number of carbonyl (C=O) groups excluding carboxylic acids is 2. The Kier molecular flexibility index (Phi) is 10.8. The van der Waals surface area contributed by atoms with Crippen molar-refractivity contribution in [3.63, 3.8) is 0 Å². The molecule has 10 heteroatoms. The largest absolute Gasteiger partial charge is 0.492 e. The van der Waals surface area contributed by atoms with Crippen LogP contribution in [0.1, 0.15) is 57.1 Å². The number of hydrogen-bond donors (Lipinski definition) is 1. The number of benzene rings is 3. The fraction of sp³-hybridized carbons (Fsp3) is 0.394. The Morgan fingerprint density at radius 1 is 0.977 bits per heavy atom. The molecule has 0 aliphatic heterocycles. The molecular weight excluding hydrogens is 569 g/mol. The van der Waals surface area contributed by atoms with Crippen molar-refractivity contribution >= 4 is 27.5 Å². The van der Waals surface area contributed by atoms with Crippen LogP contribution in [-0.2, 0) is 26.2 Å². The summed E-state index contributed by atoms with van der Waals surface area (Å²) < 4.78 is 48.7. The Hall–Kier alpha value is -3.92. The molecule has 0 heterocycles. The summed E-state index contributed by atoms with van der Waals surface area (Å²) in [5, 5.41) is 3.08. The third-order valence-electron chi connectivity index (χ3n) is 7.71. The number of anilines is 1. The monoisotopic (exact) mass is 609 g/mol. The van der Waals surface area contributed by atoms with Gasteiger partial charge in [-0.2, -0.15) is 0 Å². The average molecular weight is 610 g/mol. The van der Waals surface area contributed by atoms with Crippen LogP contribution in [0.2, 0.25) is 0 Å². The van der Waals surface area contributed by atoms with Crippen molar-refractivity contribution in [2.75, 3.05) is 17.5 Å². The van der Waals surface area contributed by atoms with Crippen molar-refractivity contribution in [1.29, 1.82) is 0 Å². The second-order valence-electron chi connectivity index (χ2n) is 10.9. The van der Waals surface area contributed by atoms with E-state index in [0.29, 0.717) is 17.9 Å². The number of aryl methyl sites for hydroxylation is 1. The first-order valence-electron chi connectivity index (χ1n) is 14.8. The molecule has 230 valence electrons. The van der Waals surface area contributed by atoms with Gasteiger partial charge in [-0.25, -0.2) is 12.8 Å². The van der Waals surface area contributed by atoms with E-state index in [1.165, 1.54) is 29.2 Å². The lowest BCUT2D eigenvalue weighted by Gasteiger charge is -2.33. The molecule has 1 atom stereocenters. The summed E-state index contributed by atoms with van der Waals surface area (Å²) in [6, 6.07) is 17.8. The molecule has 43 heavy (non-hydrogen) atoms. The minimum Gasteiger partial charge on any atom is -0.492 e. The summed E-state index contributed by atoms with van der Waals surface area (Å²) >= 11 is 0. The van der Waals surface area contributed by atoms with Crippen LogP contribution in [0.15, 0.2) is 77.7 Å². The van der Waals surface area contributed by atoms with E-state index in [1.54, 1.807) is 62.4 Å². The van der Waals surface area contributed by atoms with E-state index < -0.39 is 34.3 Å². The van der Waals surface area contributed by atoms with Gasteiger partial charge < -0.3 is 15.0 Å². The summed E-state index contributed by atoms with van der Waals surface area (Å²) in [5.74, 6) is -1.02. The molecule has 0 spiro atoms. The first-order valence-corrected chi connectivity index (χ1v) is 16.2. The van der Waals surface area contributed by atoms with Crippen LogP contribution in [0.5, 0.6) is 5.75 Å². The molecule has 3 aromatic carbocycles. The molecule has 0 aromatic heterocycles. The van der Waals surface area contributed by atoms with Gasteiger partial charge in [0.25, 0.3) is 10.0 Å². The van der Waals surface area contributed by atoms with Crippen molar-refractivity contribution < 1.29 is 27.1 Å². The van der Waals surface area contributed by atoms with Gasteiger partial charge in [0.1, 0.15) is 24.2 Å². The van der Waals surface area contributed by atoms with Crippen LogP contribution in [-0.4, -0.2) is 50.4 Å². The van der Waals surface area contributed by atoms with Crippen LogP contribution in [0, 0.1) is 12.7 Å². The number of nitrogens with one attached hydrogen (secondary N) is 1. The van der Waals surface area contributed by atoms with Crippen LogP contribution < -0.4 is 14.4 Å². The maximum absolute atomic E-state index is 14.2. The van der Waals surface area contributed by atoms with Gasteiger partial charge in [0.15, 0.2) is 0 Å². The van der Waals surface area contributed by atoms with Crippen molar-refractivity contribution in [1.82, 2.24) is 10.2 Å². The van der Waals surface area contributed by atoms with Gasteiger partial charge in [0.2, 0.25) is 11.8 Å². The molecule has 3 aromatic rings. The van der Waals surface area contributed by atoms with E-state index in [-0.39, 0.29) is 29.1 Å². The summed E-state index contributed by atoms with van der Waals surface area (Å²) in [5.41, 5.74) is 1.70. The first-order chi connectivity index (χ1) is 20.6. The topological polar surface area (TPSA) is 96.0 Å². The molecule has 1 fully saturated rings. The van der Waals surface area contributed by atoms with Gasteiger partial charge in [-0.3, -0.25) is 13.9 Å². The van der Waals surface area contributed by atoms with Crippen molar-refractivity contribution in [3.05, 3.63) is 89.7 Å². The second kappa shape index (κ2) is 14.5. The van der Waals surface area contributed by atoms with E-state index in [9.17, 15) is 22.4 Å². The first kappa shape index (κ1) is 32.0. The highest BCUT2D eigenvalue weighted by Gasteiger charge is 2.34. The van der Waals surface area contributed by atoms with Crippen LogP contribution in [0.4, 0.5) is 10.1 Å². The summed E-state index contributed by atoms with van der Waals surface area (Å²) in [6.45, 7) is 4.98. The van der Waals surface area contributed by atoms with Crippen molar-refractivity contribution in [2.45, 2.75) is 76.4 Å². The molecule has 1 N–H and O–H groups in total. The molecule has 4 rings (SSSR count). The van der Waals surface area contributed by atoms with E-state index in [2.05, 4.69) is 5.32 Å². The molecule has 2 amide bonds. The number of amides is 2. The highest BCUT2D eigenvalue weighted by Crippen LogP contribution is 2.33. The lowest BCUT2D eigenvalue weighted by Crippen LogP contribution is -2.53. The van der Waals surface area contributed by atoms with E-state index in [0.717, 1.165) is 42.0 Å². The number of ether oxygens (including phenoxy) is 1. The molecule has 0 saturated heterocycles. The third kappa shape index (κ3) is 8.13. The fourth-order valence-electron chi connectivity index (χ4n) is 5.23. The van der Waals surface area contributed by atoms with Crippen LogP contribution >= 0.6 is 0 Å². The Balaban J connectivity index is 1.71. The van der Waals surface area contributed by atoms with Gasteiger partial charge >= 0.3 is 0 Å². The lowest BCUT2D eigenvalue weighted by atomic mass is 9.95. The Labute approximate surface area is 253 Å². The van der Waals surface area contributed by atoms with Crippen LogP contribution in [0.3, 0.4) is 0 Å². The van der Waals surface area contributed by atoms with E-state index >= 15 is 0 Å². The minimum atomic E-state index is -4.23. The zero-order valence-electron chi connectivity index (χ0n) is 25.0. The quantitative estimate of drug-likeness (QED) is 0.289. The highest BCUT2D eigenvalue weighted by molar-refractivity contribution is 7.92. The van der Waals surface area contributed by atoms with E-state index in [4.69, 9.17) is 4.74 Å². The zero-order chi connectivity index (χ0) is 31.0. The average Bonchev–Trinajstić information content (AvgIpc) is 3.00. The standard InChI is InChI=1S/C33H40FN3O5S/c1-4-42-31-13-9-8-12-30(31)37(43(40,41)29-20-14-24(2)15-21-29)23-32(38)36(22-26-16-18-27(34)19-17-26)25(3)33(39)35-28-10-6-5-7-11-28/h8-9,12-21,25,28H,4-7,10-11,22-23H2,1-3H3,(H,35,39)/t25-/m0/s1. The maximum Gasteiger partial charge on any atom is 0.264 e. The van der Waals surface area contributed by atoms with Crippen molar-refractivity contribution in [3.8, 4) is 5.75 Å². The van der Waals surface area contributed by atoms with Gasteiger partial charge in [-0.1, -0.05) is 61.2 Å². The molecule has 0 unspecified atom stereocenters. The van der Waals surface area contributed by atoms with E-state index in [1.807, 2.05) is 6.92 Å². The minimum absolute atomic E-state index is 0.0100. The second-order valence-corrected chi connectivity index (χ2v) is 12.8. The van der Waals surface area contributed by atoms with Crippen molar-refractivity contribution in [2.24, 2.45) is 0 Å². The summed E-state index contributed by atoms with van der Waals surface area (Å²) in [7, 11) is -4.23. The smallest absolute Gasteiger partial charge is 0.264 e. The highest BCUT2D eigenvalue weighted by atomic mass is 32.2. The normalized spacial score (nSPS) is 14.5. The third-order valence-corrected chi connectivity index (χ3v) is 9.48. The predicted molar refractivity (Wildman–Crippen MR) is 165 cm³/mol. The van der Waals surface area contributed by atoms with Gasteiger partial charge in [0.05, 0.1) is 17.2 Å². The fourth-order valence-corrected chi connectivity index (χ4v) is 6.65. The number of rotatable bonds is 12. The molecular formula is C33H40FN3O5S. The van der Waals surface area contributed by atoms with Gasteiger partial charge in [-0.05, 0) is 75.6 Å². The lowest BCUT2D eigenvalue weighted by molar-refractivity contribution is -0.139. The zero-order valence-corrected chi connectivity index (χ0v) is 25.8. The molecule has 8 nitrogen and oxygen atoms in total. The maximum atomic E-state index is 14.2. The number of hydrogen-bond acceptors (Lipinski definition) is 5. The SMILES string of the molecule is CCOc1ccccc1N(CC(=O)N(Cc1ccc(F)cc1)[C@@H](C)C(=O)NC1CCCCC1)S(=O)(=O)c1ccc(C)cc1. The summed E-state index contributed by atoms with van der Waals surface area (Å²) in [4.78, 5) is 29.0. The Bertz CT molecular complexity index is 1490. The number of sulfonamides is 1. The van der Waals surface area contributed by atoms with Crippen LogP contribution in [0.25, 0.3) is 0 Å². The Morgan fingerprint density at radius 2 is 1.63 bits per heavy atom. The van der Waals surface area contributed by atoms with Gasteiger partial charge in [0, 0.05) is 12.6 Å². The molecule has 1 aliphatic rings. The number of nitrogens with zero attached hydrogens (tertiary/aromatic N) is 2. The summed E-state index contributed by atoms with van der Waals surface area (Å²) in [6.07, 6.45) is 4.94. The number of carbonyl (C=O) groups is 2. The number of halogens is 1. The molecule has 0 bridgehead atoms. The molecule has 1 saturated carbocycles. The number of para-hydroxylation sites is 2. The predicted octanol–water partition coefficient (Wildman–Crippen LogP) is 5.59.